The number of aromatic nitrogens is 2. The number of hydrogen-bond donors (Lipinski definition) is 0. The van der Waals surface area contributed by atoms with Gasteiger partial charge in [-0.15, -0.1) is 0 Å². The van der Waals surface area contributed by atoms with Gasteiger partial charge >= 0.3 is 0 Å². The molecule has 398 valence electrons. The molecule has 83 heavy (non-hydrogen) atoms. The van der Waals surface area contributed by atoms with Crippen LogP contribution in [0.5, 0.6) is 23.0 Å². The van der Waals surface area contributed by atoms with Crippen molar-refractivity contribution in [2.24, 2.45) is 0 Å². The van der Waals surface area contributed by atoms with E-state index in [1.807, 2.05) is 0 Å². The molecule has 0 atom stereocenters. The smallest absolute Gasteiger partial charge is 0.260 e. The molecule has 0 aliphatic carbocycles. The van der Waals surface area contributed by atoms with E-state index >= 15 is 0 Å². The average Bonchev–Trinajstić information content (AvgIpc) is 1.96. The second-order valence-electron chi connectivity index (χ2n) is 25.1. The zero-order valence-corrected chi connectivity index (χ0v) is 49.2. The summed E-state index contributed by atoms with van der Waals surface area (Å²) in [5.74, 6) is 3.52. The maximum absolute atomic E-state index is 7.43. The van der Waals surface area contributed by atoms with Gasteiger partial charge in [-0.05, 0) is 256 Å². The molecule has 0 spiro atoms. The standard InChI is InChI=1S/C78H61BN2O2/c1-38-24-42(5)68(43(6)25-38)50-16-20-62-54(32-50)56-34-52(70-46(9)28-40(3)29-47(70)10)36-58-72-64(80(62)75(56)58)22-18-60-77(72)82-66-14-13-15-67-74(66)79(60)61-19-23-65-73(78(61)83-67)59-37-53(71-48(11)30-41(4)31-49(71)12)35-57-55-33-51(17-21-63(55)81(65)76(57)59)69-44(7)26-39(2)27-45(69)8/h13-37H,1-12H3. The first-order chi connectivity index (χ1) is 40.1. The molecule has 0 saturated heterocycles. The van der Waals surface area contributed by atoms with Crippen LogP contribution >= 0.6 is 0 Å². The van der Waals surface area contributed by atoms with Gasteiger partial charge in [0.25, 0.3) is 6.71 Å². The van der Waals surface area contributed by atoms with E-state index in [2.05, 4.69) is 244 Å². The first-order valence-corrected chi connectivity index (χ1v) is 29.5. The zero-order valence-electron chi connectivity index (χ0n) is 49.2. The first-order valence-electron chi connectivity index (χ1n) is 29.5. The fourth-order valence-electron chi connectivity index (χ4n) is 16.7. The molecule has 4 aromatic heterocycles. The summed E-state index contributed by atoms with van der Waals surface area (Å²) in [6, 6.07) is 58.6. The Hall–Kier alpha value is -9.32. The summed E-state index contributed by atoms with van der Waals surface area (Å²) in [7, 11) is 0. The van der Waals surface area contributed by atoms with E-state index in [9.17, 15) is 0 Å². The number of aryl methyl sites for hydroxylation is 12. The molecule has 15 aromatic rings. The molecule has 0 radical (unpaired) electrons. The Morgan fingerprint density at radius 3 is 0.976 bits per heavy atom. The summed E-state index contributed by atoms with van der Waals surface area (Å²) < 4.78 is 19.9. The predicted octanol–water partition coefficient (Wildman–Crippen LogP) is 19.1. The quantitative estimate of drug-likeness (QED) is 0.164. The van der Waals surface area contributed by atoms with E-state index in [0.717, 1.165) is 61.2 Å². The van der Waals surface area contributed by atoms with Crippen LogP contribution in [0, 0.1) is 83.1 Å². The van der Waals surface area contributed by atoms with Gasteiger partial charge in [-0.3, -0.25) is 0 Å². The molecular formula is C78H61BN2O2. The van der Waals surface area contributed by atoms with Gasteiger partial charge in [0.2, 0.25) is 0 Å². The predicted molar refractivity (Wildman–Crippen MR) is 352 cm³/mol. The normalized spacial score (nSPS) is 13.0. The highest BCUT2D eigenvalue weighted by Crippen LogP contribution is 2.51. The Labute approximate surface area is 483 Å². The summed E-state index contributed by atoms with van der Waals surface area (Å²) >= 11 is 0. The van der Waals surface area contributed by atoms with Crippen molar-refractivity contribution in [2.45, 2.75) is 83.1 Å². The van der Waals surface area contributed by atoms with Crippen molar-refractivity contribution in [2.75, 3.05) is 0 Å². The SMILES string of the molecule is Cc1cc(C)c(-c2ccc3c(c2)c2cc(-c4c(C)cc(C)cc4C)cc4c5c6c(ccc5n3c24)B2c3ccc4c(c3Oc3cccc(c32)O6)c2cc(-c3c(C)cc(C)cc3C)cc3c5cc(-c6c(C)cc(C)cc6C)ccc5n4c32)c(C)c1. The Morgan fingerprint density at radius 1 is 0.301 bits per heavy atom. The third-order valence-corrected chi connectivity index (χ3v) is 19.3. The number of hydrogen-bond acceptors (Lipinski definition) is 2. The second kappa shape index (κ2) is 16.7. The Morgan fingerprint density at radius 2 is 0.614 bits per heavy atom. The van der Waals surface area contributed by atoms with E-state index < -0.39 is 0 Å². The van der Waals surface area contributed by atoms with E-state index in [1.54, 1.807) is 0 Å². The van der Waals surface area contributed by atoms with Gasteiger partial charge < -0.3 is 18.3 Å². The number of benzene rings is 11. The van der Waals surface area contributed by atoms with Crippen LogP contribution in [-0.4, -0.2) is 15.5 Å². The summed E-state index contributed by atoms with van der Waals surface area (Å²) in [6.45, 7) is 26.7. The van der Waals surface area contributed by atoms with Crippen molar-refractivity contribution in [3.63, 3.8) is 0 Å². The van der Waals surface area contributed by atoms with Crippen molar-refractivity contribution in [3.05, 3.63) is 218 Å². The summed E-state index contributed by atoms with van der Waals surface area (Å²) in [5.41, 5.74) is 36.2. The van der Waals surface area contributed by atoms with Crippen LogP contribution in [0.2, 0.25) is 0 Å². The van der Waals surface area contributed by atoms with Crippen LogP contribution < -0.4 is 25.9 Å². The topological polar surface area (TPSA) is 27.3 Å². The monoisotopic (exact) mass is 1070 g/mol. The minimum atomic E-state index is -0.148. The Bertz CT molecular complexity index is 5050. The molecule has 2 aliphatic heterocycles. The van der Waals surface area contributed by atoms with E-state index in [4.69, 9.17) is 9.47 Å². The molecule has 0 amide bonds. The van der Waals surface area contributed by atoms with Crippen molar-refractivity contribution < 1.29 is 9.47 Å². The lowest BCUT2D eigenvalue weighted by Gasteiger charge is -2.33. The van der Waals surface area contributed by atoms with Gasteiger partial charge in [0, 0.05) is 37.8 Å². The van der Waals surface area contributed by atoms with Gasteiger partial charge in [-0.25, -0.2) is 0 Å². The molecular weight excluding hydrogens is 1010 g/mol. The fraction of sp³-hybridized carbons (Fsp3) is 0.154. The lowest BCUT2D eigenvalue weighted by molar-refractivity contribution is 0.470. The third kappa shape index (κ3) is 6.48. The minimum absolute atomic E-state index is 0.148. The molecule has 11 aromatic carbocycles. The van der Waals surface area contributed by atoms with E-state index in [-0.39, 0.29) is 6.71 Å². The van der Waals surface area contributed by atoms with Gasteiger partial charge in [0.05, 0.1) is 43.9 Å². The lowest BCUT2D eigenvalue weighted by Crippen LogP contribution is -2.57. The van der Waals surface area contributed by atoms with E-state index in [0.29, 0.717) is 0 Å². The van der Waals surface area contributed by atoms with Gasteiger partial charge in [0.15, 0.2) is 0 Å². The molecule has 0 saturated carbocycles. The van der Waals surface area contributed by atoms with Crippen molar-refractivity contribution in [3.8, 4) is 67.5 Å². The summed E-state index contributed by atoms with van der Waals surface area (Å²) in [4.78, 5) is 0. The lowest BCUT2D eigenvalue weighted by atomic mass is 9.34. The number of fused-ring (bicyclic) bond motifs is 18. The van der Waals surface area contributed by atoms with Crippen molar-refractivity contribution in [1.29, 1.82) is 0 Å². The third-order valence-electron chi connectivity index (χ3n) is 19.3. The minimum Gasteiger partial charge on any atom is -0.458 e. The van der Waals surface area contributed by atoms with Crippen molar-refractivity contribution >= 4 is 99.3 Å². The van der Waals surface area contributed by atoms with Crippen LogP contribution in [0.4, 0.5) is 0 Å². The van der Waals surface area contributed by atoms with Gasteiger partial charge in [-0.1, -0.05) is 101 Å². The number of ether oxygens (including phenoxy) is 2. The number of rotatable bonds is 4. The van der Waals surface area contributed by atoms with Crippen molar-refractivity contribution in [1.82, 2.24) is 8.80 Å². The highest BCUT2D eigenvalue weighted by atomic mass is 16.5. The summed E-state index contributed by atoms with van der Waals surface area (Å²) in [5, 5.41) is 9.72. The number of nitrogens with zero attached hydrogens (tertiary/aromatic N) is 2. The van der Waals surface area contributed by atoms with Gasteiger partial charge in [0.1, 0.15) is 23.0 Å². The van der Waals surface area contributed by atoms with Crippen LogP contribution in [0.15, 0.2) is 152 Å². The van der Waals surface area contributed by atoms with Crippen LogP contribution in [0.1, 0.15) is 66.8 Å². The second-order valence-corrected chi connectivity index (χ2v) is 25.1. The largest absolute Gasteiger partial charge is 0.458 e. The molecule has 4 nitrogen and oxygen atoms in total. The molecule has 17 rings (SSSR count). The molecule has 0 unspecified atom stereocenters. The molecule has 0 bridgehead atoms. The highest BCUT2D eigenvalue weighted by Gasteiger charge is 2.43. The van der Waals surface area contributed by atoms with Crippen LogP contribution in [0.25, 0.3) is 121 Å². The van der Waals surface area contributed by atoms with Crippen LogP contribution in [-0.2, 0) is 0 Å². The first kappa shape index (κ1) is 48.4. The van der Waals surface area contributed by atoms with Crippen LogP contribution in [0.3, 0.4) is 0 Å². The molecule has 5 heteroatoms. The molecule has 6 heterocycles. The Balaban J connectivity index is 0.938. The maximum Gasteiger partial charge on any atom is 0.260 e. The van der Waals surface area contributed by atoms with Gasteiger partial charge in [-0.2, -0.15) is 0 Å². The summed E-state index contributed by atoms with van der Waals surface area (Å²) in [6.07, 6.45) is 0. The Kier molecular flexibility index (Phi) is 9.72. The molecule has 0 N–H and O–H groups in total. The highest BCUT2D eigenvalue weighted by molar-refractivity contribution is 6.98. The fourth-order valence-corrected chi connectivity index (χ4v) is 16.7. The zero-order chi connectivity index (χ0) is 56.5. The maximum atomic E-state index is 7.43. The molecule has 2 aliphatic rings. The molecule has 0 fully saturated rings. The average molecular weight is 1070 g/mol. The van der Waals surface area contributed by atoms with E-state index in [1.165, 1.54) is 166 Å².